The number of nitrogens with zero attached hydrogens (tertiary/aromatic N) is 2. The van der Waals surface area contributed by atoms with Crippen LogP contribution in [-0.2, 0) is 0 Å². The molecule has 5 heteroatoms. The molecule has 1 saturated heterocycles. The van der Waals surface area contributed by atoms with Crippen molar-refractivity contribution < 1.29 is 4.79 Å². The first kappa shape index (κ1) is 13.8. The van der Waals surface area contributed by atoms with Gasteiger partial charge in [-0.25, -0.2) is 0 Å². The Bertz CT molecular complexity index is 453. The first-order valence-corrected chi connectivity index (χ1v) is 6.74. The van der Waals surface area contributed by atoms with Crippen molar-refractivity contribution in [3.05, 3.63) is 23.5 Å². The van der Waals surface area contributed by atoms with Crippen LogP contribution in [-0.4, -0.2) is 49.0 Å². The minimum Gasteiger partial charge on any atom is -0.387 e. The maximum Gasteiger partial charge on any atom is 0.255 e. The van der Waals surface area contributed by atoms with Crippen molar-refractivity contribution in [2.75, 3.05) is 32.5 Å². The van der Waals surface area contributed by atoms with Gasteiger partial charge in [0.25, 0.3) is 5.91 Å². The Morgan fingerprint density at radius 2 is 2.11 bits per heavy atom. The van der Waals surface area contributed by atoms with Crippen LogP contribution in [0, 0.1) is 6.92 Å². The maximum atomic E-state index is 12.3. The molecule has 1 aliphatic heterocycles. The topological polar surface area (TPSA) is 57.3 Å². The second kappa shape index (κ2) is 6.02. The van der Waals surface area contributed by atoms with Gasteiger partial charge in [0.2, 0.25) is 0 Å². The highest BCUT2D eigenvalue weighted by molar-refractivity contribution is 5.99. The van der Waals surface area contributed by atoms with Gasteiger partial charge in [-0.2, -0.15) is 0 Å². The Hall–Kier alpha value is -1.62. The normalized spacial score (nSPS) is 17.2. The van der Waals surface area contributed by atoms with Gasteiger partial charge < -0.3 is 15.5 Å². The predicted molar refractivity (Wildman–Crippen MR) is 76.5 cm³/mol. The molecule has 2 N–H and O–H groups in total. The summed E-state index contributed by atoms with van der Waals surface area (Å²) in [7, 11) is 3.93. The highest BCUT2D eigenvalue weighted by Gasteiger charge is 2.20. The number of hydrogen-bond donors (Lipinski definition) is 2. The van der Waals surface area contributed by atoms with Crippen LogP contribution in [0.1, 0.15) is 28.9 Å². The Morgan fingerprint density at radius 3 is 2.74 bits per heavy atom. The highest BCUT2D eigenvalue weighted by atomic mass is 16.1. The highest BCUT2D eigenvalue weighted by Crippen LogP contribution is 2.16. The summed E-state index contributed by atoms with van der Waals surface area (Å²) in [5, 5.41) is 6.16. The summed E-state index contributed by atoms with van der Waals surface area (Å²) in [6.07, 6.45) is 3.66. The van der Waals surface area contributed by atoms with Crippen LogP contribution < -0.4 is 10.6 Å². The molecule has 1 fully saturated rings. The number of pyridine rings is 1. The zero-order valence-electron chi connectivity index (χ0n) is 11.9. The molecule has 0 aromatic carbocycles. The van der Waals surface area contributed by atoms with E-state index in [-0.39, 0.29) is 11.9 Å². The number of likely N-dealkylation sites (tertiary alicyclic amines) is 1. The van der Waals surface area contributed by atoms with Gasteiger partial charge in [0.1, 0.15) is 0 Å². The molecule has 2 rings (SSSR count). The molecule has 1 aromatic rings. The van der Waals surface area contributed by atoms with Gasteiger partial charge >= 0.3 is 0 Å². The van der Waals surface area contributed by atoms with E-state index in [1.807, 2.05) is 20.0 Å². The van der Waals surface area contributed by atoms with Gasteiger partial charge in [-0.1, -0.05) is 0 Å². The summed E-state index contributed by atoms with van der Waals surface area (Å²) in [4.78, 5) is 18.8. The van der Waals surface area contributed by atoms with Gasteiger partial charge in [-0.3, -0.25) is 9.78 Å². The summed E-state index contributed by atoms with van der Waals surface area (Å²) in [5.74, 6) is -0.0357. The summed E-state index contributed by atoms with van der Waals surface area (Å²) in [5.41, 5.74) is 2.35. The summed E-state index contributed by atoms with van der Waals surface area (Å²) in [6, 6.07) is 2.17. The third-order valence-electron chi connectivity index (χ3n) is 3.61. The lowest BCUT2D eigenvalue weighted by Gasteiger charge is -2.29. The van der Waals surface area contributed by atoms with Crippen molar-refractivity contribution in [3.63, 3.8) is 0 Å². The lowest BCUT2D eigenvalue weighted by atomic mass is 10.0. The second-order valence-electron chi connectivity index (χ2n) is 5.17. The number of amides is 1. The Labute approximate surface area is 114 Å². The monoisotopic (exact) mass is 262 g/mol. The Morgan fingerprint density at radius 1 is 1.42 bits per heavy atom. The van der Waals surface area contributed by atoms with Crippen LogP contribution in [0.3, 0.4) is 0 Å². The largest absolute Gasteiger partial charge is 0.387 e. The Kier molecular flexibility index (Phi) is 4.37. The zero-order chi connectivity index (χ0) is 13.8. The molecular weight excluding hydrogens is 240 g/mol. The maximum absolute atomic E-state index is 12.3. The van der Waals surface area contributed by atoms with E-state index in [4.69, 9.17) is 0 Å². The van der Waals surface area contributed by atoms with E-state index in [0.717, 1.165) is 37.3 Å². The van der Waals surface area contributed by atoms with Crippen LogP contribution in [0.25, 0.3) is 0 Å². The second-order valence-corrected chi connectivity index (χ2v) is 5.17. The quantitative estimate of drug-likeness (QED) is 0.861. The molecule has 0 aliphatic carbocycles. The molecule has 0 bridgehead atoms. The smallest absolute Gasteiger partial charge is 0.255 e. The molecule has 0 atom stereocenters. The molecule has 19 heavy (non-hydrogen) atoms. The van der Waals surface area contributed by atoms with Gasteiger partial charge in [0.05, 0.1) is 11.3 Å². The van der Waals surface area contributed by atoms with E-state index in [1.54, 1.807) is 6.20 Å². The van der Waals surface area contributed by atoms with E-state index in [1.165, 1.54) is 0 Å². The number of rotatable bonds is 3. The lowest BCUT2D eigenvalue weighted by molar-refractivity contribution is 0.0917. The molecule has 0 spiro atoms. The number of aromatic nitrogens is 1. The molecule has 0 unspecified atom stereocenters. The predicted octanol–water partition coefficient (Wildman–Crippen LogP) is 1.26. The Balaban J connectivity index is 2.03. The molecule has 1 amide bonds. The molecule has 1 aliphatic rings. The van der Waals surface area contributed by atoms with E-state index in [9.17, 15) is 4.79 Å². The van der Waals surface area contributed by atoms with Crippen molar-refractivity contribution >= 4 is 11.6 Å². The van der Waals surface area contributed by atoms with Crippen molar-refractivity contribution in [1.29, 1.82) is 0 Å². The lowest BCUT2D eigenvalue weighted by Crippen LogP contribution is -2.43. The fraction of sp³-hybridized carbons (Fsp3) is 0.571. The van der Waals surface area contributed by atoms with E-state index >= 15 is 0 Å². The summed E-state index contributed by atoms with van der Waals surface area (Å²) < 4.78 is 0. The first-order chi connectivity index (χ1) is 9.10. The molecule has 0 saturated carbocycles. The van der Waals surface area contributed by atoms with Crippen LogP contribution in [0.4, 0.5) is 5.69 Å². The third kappa shape index (κ3) is 3.44. The number of aryl methyl sites for hydroxylation is 1. The molecule has 0 radical (unpaired) electrons. The van der Waals surface area contributed by atoms with Crippen molar-refractivity contribution in [2.45, 2.75) is 25.8 Å². The standard InChI is InChI=1S/C14H22N4O/c1-10-8-13(15-2)12(9-16-10)14(19)17-11-4-6-18(3)7-5-11/h8-9,11H,4-7H2,1-3H3,(H,15,16)(H,17,19). The van der Waals surface area contributed by atoms with Gasteiger partial charge in [-0.15, -0.1) is 0 Å². The van der Waals surface area contributed by atoms with Crippen LogP contribution in [0.5, 0.6) is 0 Å². The van der Waals surface area contributed by atoms with Gasteiger partial charge in [0.15, 0.2) is 0 Å². The fourth-order valence-corrected chi connectivity index (χ4v) is 2.36. The molecular formula is C14H22N4O. The minimum atomic E-state index is -0.0357. The molecule has 2 heterocycles. The average molecular weight is 262 g/mol. The number of carbonyl (C=O) groups is 1. The van der Waals surface area contributed by atoms with E-state index in [2.05, 4.69) is 27.6 Å². The number of hydrogen-bond acceptors (Lipinski definition) is 4. The SMILES string of the molecule is CNc1cc(C)ncc1C(=O)NC1CCN(C)CC1. The average Bonchev–Trinajstić information content (AvgIpc) is 2.41. The van der Waals surface area contributed by atoms with Crippen molar-refractivity contribution in [1.82, 2.24) is 15.2 Å². The van der Waals surface area contributed by atoms with E-state index in [0.29, 0.717) is 5.56 Å². The first-order valence-electron chi connectivity index (χ1n) is 6.74. The van der Waals surface area contributed by atoms with Gasteiger partial charge in [0, 0.05) is 25.0 Å². The molecule has 5 nitrogen and oxygen atoms in total. The number of piperidine rings is 1. The van der Waals surface area contributed by atoms with Crippen molar-refractivity contribution in [2.24, 2.45) is 0 Å². The zero-order valence-corrected chi connectivity index (χ0v) is 11.9. The minimum absolute atomic E-state index is 0.0357. The molecule has 1 aromatic heterocycles. The fourth-order valence-electron chi connectivity index (χ4n) is 2.36. The number of nitrogens with one attached hydrogen (secondary N) is 2. The summed E-state index contributed by atoms with van der Waals surface area (Å²) in [6.45, 7) is 3.99. The van der Waals surface area contributed by atoms with Crippen LogP contribution >= 0.6 is 0 Å². The van der Waals surface area contributed by atoms with Crippen LogP contribution in [0.2, 0.25) is 0 Å². The van der Waals surface area contributed by atoms with E-state index < -0.39 is 0 Å². The van der Waals surface area contributed by atoms with Crippen LogP contribution in [0.15, 0.2) is 12.3 Å². The molecule has 104 valence electrons. The third-order valence-corrected chi connectivity index (χ3v) is 3.61. The number of carbonyl (C=O) groups excluding carboxylic acids is 1. The van der Waals surface area contributed by atoms with Crippen molar-refractivity contribution in [3.8, 4) is 0 Å². The number of anilines is 1. The van der Waals surface area contributed by atoms with Gasteiger partial charge in [-0.05, 0) is 46.0 Å². The summed E-state index contributed by atoms with van der Waals surface area (Å²) >= 11 is 0.